The van der Waals surface area contributed by atoms with Gasteiger partial charge in [-0.2, -0.15) is 0 Å². The van der Waals surface area contributed by atoms with E-state index < -0.39 is 6.10 Å². The lowest BCUT2D eigenvalue weighted by Gasteiger charge is -2.25. The van der Waals surface area contributed by atoms with Gasteiger partial charge in [-0.3, -0.25) is 0 Å². The number of para-hydroxylation sites is 1. The summed E-state index contributed by atoms with van der Waals surface area (Å²) in [6, 6.07) is 9.53. The van der Waals surface area contributed by atoms with Crippen LogP contribution < -0.4 is 10.1 Å². The molecule has 1 aromatic carbocycles. The molecule has 0 radical (unpaired) electrons. The zero-order chi connectivity index (χ0) is 12.8. The Balaban J connectivity index is 1.67. The molecule has 1 fully saturated rings. The van der Waals surface area contributed by atoms with E-state index in [2.05, 4.69) is 12.2 Å². The fourth-order valence-corrected chi connectivity index (χ4v) is 1.94. The van der Waals surface area contributed by atoms with Crippen molar-refractivity contribution in [2.24, 2.45) is 0 Å². The van der Waals surface area contributed by atoms with Crippen molar-refractivity contribution in [2.75, 3.05) is 26.4 Å². The Morgan fingerprint density at radius 2 is 2.22 bits per heavy atom. The number of ether oxygens (including phenoxy) is 2. The first-order valence-electron chi connectivity index (χ1n) is 6.37. The summed E-state index contributed by atoms with van der Waals surface area (Å²) in [6.07, 6.45) is 0.474. The van der Waals surface area contributed by atoms with Crippen LogP contribution in [0, 0.1) is 0 Å². The zero-order valence-corrected chi connectivity index (χ0v) is 10.8. The highest BCUT2D eigenvalue weighted by Crippen LogP contribution is 2.17. The first-order chi connectivity index (χ1) is 8.68. The molecule has 2 rings (SSSR count). The molecule has 4 heteroatoms. The minimum atomic E-state index is -0.511. The monoisotopic (exact) mass is 251 g/mol. The van der Waals surface area contributed by atoms with Gasteiger partial charge in [0.25, 0.3) is 0 Å². The third kappa shape index (κ3) is 3.98. The molecule has 0 aromatic heterocycles. The SMILES string of the molecule is CC1(NCC(O)COc2ccccc2)CCOC1. The molecule has 0 spiro atoms. The molecule has 1 heterocycles. The van der Waals surface area contributed by atoms with Gasteiger partial charge in [-0.25, -0.2) is 0 Å². The Labute approximate surface area is 108 Å². The number of aliphatic hydroxyl groups excluding tert-OH is 1. The van der Waals surface area contributed by atoms with Crippen LogP contribution in [-0.4, -0.2) is 43.1 Å². The number of hydrogen-bond acceptors (Lipinski definition) is 4. The van der Waals surface area contributed by atoms with E-state index in [0.717, 1.165) is 18.8 Å². The van der Waals surface area contributed by atoms with Crippen LogP contribution in [0.4, 0.5) is 0 Å². The highest BCUT2D eigenvalue weighted by Gasteiger charge is 2.29. The summed E-state index contributed by atoms with van der Waals surface area (Å²) in [6.45, 7) is 4.44. The minimum absolute atomic E-state index is 0.00622. The first kappa shape index (κ1) is 13.3. The predicted octanol–water partition coefficient (Wildman–Crippen LogP) is 1.19. The zero-order valence-electron chi connectivity index (χ0n) is 10.8. The summed E-state index contributed by atoms with van der Waals surface area (Å²) in [7, 11) is 0. The first-order valence-corrected chi connectivity index (χ1v) is 6.37. The van der Waals surface area contributed by atoms with Gasteiger partial charge in [0.1, 0.15) is 18.5 Å². The van der Waals surface area contributed by atoms with E-state index in [4.69, 9.17) is 9.47 Å². The Hall–Kier alpha value is -1.10. The highest BCUT2D eigenvalue weighted by molar-refractivity contribution is 5.20. The minimum Gasteiger partial charge on any atom is -0.491 e. The molecule has 0 saturated carbocycles. The van der Waals surface area contributed by atoms with Crippen LogP contribution in [0.5, 0.6) is 5.75 Å². The van der Waals surface area contributed by atoms with Gasteiger partial charge in [-0.15, -0.1) is 0 Å². The fourth-order valence-electron chi connectivity index (χ4n) is 1.94. The largest absolute Gasteiger partial charge is 0.491 e. The second-order valence-corrected chi connectivity index (χ2v) is 5.02. The molecule has 1 saturated heterocycles. The molecular weight excluding hydrogens is 230 g/mol. The van der Waals surface area contributed by atoms with E-state index >= 15 is 0 Å². The number of rotatable bonds is 6. The summed E-state index contributed by atoms with van der Waals surface area (Å²) < 4.78 is 10.8. The summed E-state index contributed by atoms with van der Waals surface area (Å²) in [5.74, 6) is 0.784. The quantitative estimate of drug-likeness (QED) is 0.797. The van der Waals surface area contributed by atoms with Crippen LogP contribution >= 0.6 is 0 Å². The molecule has 1 aliphatic rings. The summed E-state index contributed by atoms with van der Waals surface area (Å²) >= 11 is 0. The van der Waals surface area contributed by atoms with Crippen LogP contribution in [0.2, 0.25) is 0 Å². The van der Waals surface area contributed by atoms with E-state index in [0.29, 0.717) is 19.8 Å². The summed E-state index contributed by atoms with van der Waals surface area (Å²) in [5.41, 5.74) is -0.00622. The maximum atomic E-state index is 9.86. The second kappa shape index (κ2) is 6.18. The standard InChI is InChI=1S/C14H21NO3/c1-14(7-8-17-11-14)15-9-12(16)10-18-13-5-3-2-4-6-13/h2-6,12,15-16H,7-11H2,1H3. The second-order valence-electron chi connectivity index (χ2n) is 5.02. The molecule has 0 amide bonds. The molecule has 0 aliphatic carbocycles. The average molecular weight is 251 g/mol. The highest BCUT2D eigenvalue weighted by atomic mass is 16.5. The van der Waals surface area contributed by atoms with Crippen LogP contribution in [-0.2, 0) is 4.74 Å². The lowest BCUT2D eigenvalue weighted by molar-refractivity contribution is 0.0944. The molecular formula is C14H21NO3. The smallest absolute Gasteiger partial charge is 0.119 e. The molecule has 0 bridgehead atoms. The Kier molecular flexibility index (Phi) is 4.58. The number of nitrogens with one attached hydrogen (secondary N) is 1. The Morgan fingerprint density at radius 3 is 2.89 bits per heavy atom. The van der Waals surface area contributed by atoms with Gasteiger partial charge in [-0.05, 0) is 25.5 Å². The third-order valence-electron chi connectivity index (χ3n) is 3.17. The van der Waals surface area contributed by atoms with E-state index in [1.807, 2.05) is 30.3 Å². The summed E-state index contributed by atoms with van der Waals surface area (Å²) in [4.78, 5) is 0. The van der Waals surface area contributed by atoms with Crippen molar-refractivity contribution in [2.45, 2.75) is 25.0 Å². The van der Waals surface area contributed by atoms with Gasteiger partial charge in [0.15, 0.2) is 0 Å². The Bertz CT molecular complexity index is 349. The van der Waals surface area contributed by atoms with Crippen LogP contribution in [0.3, 0.4) is 0 Å². The third-order valence-corrected chi connectivity index (χ3v) is 3.17. The molecule has 2 unspecified atom stereocenters. The van der Waals surface area contributed by atoms with E-state index in [1.54, 1.807) is 0 Å². The van der Waals surface area contributed by atoms with Crippen molar-refractivity contribution < 1.29 is 14.6 Å². The van der Waals surface area contributed by atoms with Gasteiger partial charge in [-0.1, -0.05) is 18.2 Å². The van der Waals surface area contributed by atoms with Crippen LogP contribution in [0.1, 0.15) is 13.3 Å². The topological polar surface area (TPSA) is 50.7 Å². The van der Waals surface area contributed by atoms with Crippen molar-refractivity contribution >= 4 is 0 Å². The van der Waals surface area contributed by atoms with Gasteiger partial charge in [0.2, 0.25) is 0 Å². The van der Waals surface area contributed by atoms with E-state index in [-0.39, 0.29) is 5.54 Å². The van der Waals surface area contributed by atoms with E-state index in [9.17, 15) is 5.11 Å². The van der Waals surface area contributed by atoms with Crippen molar-refractivity contribution in [1.82, 2.24) is 5.32 Å². The maximum absolute atomic E-state index is 9.86. The maximum Gasteiger partial charge on any atom is 0.119 e. The molecule has 100 valence electrons. The molecule has 4 nitrogen and oxygen atoms in total. The lowest BCUT2D eigenvalue weighted by atomic mass is 10.0. The molecule has 2 atom stereocenters. The lowest BCUT2D eigenvalue weighted by Crippen LogP contribution is -2.47. The average Bonchev–Trinajstić information content (AvgIpc) is 2.83. The number of aliphatic hydroxyl groups is 1. The van der Waals surface area contributed by atoms with Crippen molar-refractivity contribution in [3.05, 3.63) is 30.3 Å². The number of β-amino-alcohol motifs (C(OH)–C–C–N with tert-alkyl or cyclic N) is 1. The van der Waals surface area contributed by atoms with Crippen molar-refractivity contribution in [3.63, 3.8) is 0 Å². The molecule has 1 aromatic rings. The normalized spacial score (nSPS) is 25.0. The predicted molar refractivity (Wildman–Crippen MR) is 69.8 cm³/mol. The number of benzene rings is 1. The number of hydrogen-bond donors (Lipinski definition) is 2. The van der Waals surface area contributed by atoms with Gasteiger partial charge in [0, 0.05) is 18.7 Å². The molecule has 2 N–H and O–H groups in total. The Morgan fingerprint density at radius 1 is 1.44 bits per heavy atom. The van der Waals surface area contributed by atoms with Gasteiger partial charge < -0.3 is 19.9 Å². The molecule has 18 heavy (non-hydrogen) atoms. The van der Waals surface area contributed by atoms with Gasteiger partial charge >= 0.3 is 0 Å². The van der Waals surface area contributed by atoms with Crippen LogP contribution in [0.25, 0.3) is 0 Å². The van der Waals surface area contributed by atoms with E-state index in [1.165, 1.54) is 0 Å². The summed E-state index contributed by atoms with van der Waals surface area (Å²) in [5, 5.41) is 13.2. The van der Waals surface area contributed by atoms with Gasteiger partial charge in [0.05, 0.1) is 6.61 Å². The van der Waals surface area contributed by atoms with Crippen molar-refractivity contribution in [1.29, 1.82) is 0 Å². The van der Waals surface area contributed by atoms with Crippen molar-refractivity contribution in [3.8, 4) is 5.75 Å². The van der Waals surface area contributed by atoms with Crippen LogP contribution in [0.15, 0.2) is 30.3 Å². The fraction of sp³-hybridized carbons (Fsp3) is 0.571. The molecule has 1 aliphatic heterocycles.